The highest BCUT2D eigenvalue weighted by molar-refractivity contribution is 6.30. The SMILES string of the molecule is c1ccc(C2(c3ccccc3)c3ccccc3-c3ccc(-c4nc(-c5cccc6c5oc5ccccc56)nc(-n5c6ccccc6c6c5ccc5c7c8ccccc8ccc7n(-c7ccc(-c8cccc9ccccc89)cc7)c56)n4)cc32)cc1. The van der Waals surface area contributed by atoms with E-state index in [0.29, 0.717) is 17.6 Å². The molecule has 13 aromatic carbocycles. The Labute approximate surface area is 482 Å². The molecule has 0 amide bonds. The molecule has 4 heterocycles. The van der Waals surface area contributed by atoms with Crippen molar-refractivity contribution in [2.45, 2.75) is 5.41 Å². The van der Waals surface area contributed by atoms with Crippen molar-refractivity contribution in [3.63, 3.8) is 0 Å². The fourth-order valence-electron chi connectivity index (χ4n) is 14.3. The van der Waals surface area contributed by atoms with E-state index in [0.717, 1.165) is 71.6 Å². The number of hydrogen-bond acceptors (Lipinski definition) is 4. The van der Waals surface area contributed by atoms with Crippen molar-refractivity contribution in [3.8, 4) is 56.7 Å². The fraction of sp³-hybridized carbons (Fsp3) is 0.0128. The van der Waals surface area contributed by atoms with Crippen molar-refractivity contribution in [2.75, 3.05) is 0 Å². The van der Waals surface area contributed by atoms with Crippen LogP contribution in [-0.4, -0.2) is 24.1 Å². The molecule has 4 aromatic heterocycles. The lowest BCUT2D eigenvalue weighted by Gasteiger charge is -2.34. The van der Waals surface area contributed by atoms with Crippen LogP contribution in [0.15, 0.2) is 290 Å². The number of benzene rings is 13. The Balaban J connectivity index is 0.916. The average Bonchev–Trinajstić information content (AvgIpc) is 2.13. The van der Waals surface area contributed by atoms with Gasteiger partial charge in [-0.05, 0) is 115 Å². The second-order valence-electron chi connectivity index (χ2n) is 22.1. The molecular weight excluding hydrogens is 1020 g/mol. The van der Waals surface area contributed by atoms with Gasteiger partial charge in [0, 0.05) is 43.6 Å². The highest BCUT2D eigenvalue weighted by Crippen LogP contribution is 2.57. The normalized spacial score (nSPS) is 12.9. The maximum atomic E-state index is 6.78. The number of rotatable bonds is 7. The zero-order valence-corrected chi connectivity index (χ0v) is 45.3. The van der Waals surface area contributed by atoms with Crippen molar-refractivity contribution < 1.29 is 4.42 Å². The Morgan fingerprint density at radius 1 is 0.321 bits per heavy atom. The van der Waals surface area contributed by atoms with Gasteiger partial charge in [0.05, 0.1) is 33.0 Å². The number of hydrogen-bond donors (Lipinski definition) is 0. The molecule has 0 fully saturated rings. The molecule has 6 nitrogen and oxygen atoms in total. The lowest BCUT2D eigenvalue weighted by atomic mass is 9.67. The van der Waals surface area contributed by atoms with Gasteiger partial charge in [0.15, 0.2) is 11.6 Å². The second kappa shape index (κ2) is 17.9. The van der Waals surface area contributed by atoms with E-state index in [-0.39, 0.29) is 0 Å². The molecule has 0 unspecified atom stereocenters. The van der Waals surface area contributed by atoms with E-state index in [1.54, 1.807) is 0 Å². The van der Waals surface area contributed by atoms with E-state index >= 15 is 0 Å². The molecule has 6 heteroatoms. The Morgan fingerprint density at radius 2 is 0.905 bits per heavy atom. The molecule has 390 valence electrons. The van der Waals surface area contributed by atoms with Crippen molar-refractivity contribution in [1.29, 1.82) is 0 Å². The number of nitrogens with zero attached hydrogens (tertiary/aromatic N) is 5. The molecule has 84 heavy (non-hydrogen) atoms. The number of fused-ring (bicyclic) bond motifs is 16. The zero-order valence-electron chi connectivity index (χ0n) is 45.3. The molecule has 0 spiro atoms. The van der Waals surface area contributed by atoms with Crippen molar-refractivity contribution in [1.82, 2.24) is 24.1 Å². The van der Waals surface area contributed by atoms with Gasteiger partial charge in [-0.3, -0.25) is 4.57 Å². The summed E-state index contributed by atoms with van der Waals surface area (Å²) in [5, 5.41) is 11.5. The van der Waals surface area contributed by atoms with E-state index in [9.17, 15) is 0 Å². The van der Waals surface area contributed by atoms with Crippen LogP contribution in [0.1, 0.15) is 22.3 Å². The van der Waals surface area contributed by atoms with Gasteiger partial charge >= 0.3 is 0 Å². The molecule has 0 saturated heterocycles. The molecule has 18 rings (SSSR count). The fourth-order valence-corrected chi connectivity index (χ4v) is 14.3. The minimum atomic E-state index is -0.624. The van der Waals surface area contributed by atoms with Gasteiger partial charge in [0.2, 0.25) is 5.95 Å². The summed E-state index contributed by atoms with van der Waals surface area (Å²) >= 11 is 0. The third-order valence-electron chi connectivity index (χ3n) is 17.9. The van der Waals surface area contributed by atoms with Gasteiger partial charge in [0.25, 0.3) is 0 Å². The van der Waals surface area contributed by atoms with Crippen LogP contribution in [0.2, 0.25) is 0 Å². The summed E-state index contributed by atoms with van der Waals surface area (Å²) < 4.78 is 11.5. The molecule has 1 aliphatic carbocycles. The van der Waals surface area contributed by atoms with Crippen LogP contribution in [-0.2, 0) is 5.41 Å². The number of aromatic nitrogens is 5. The van der Waals surface area contributed by atoms with Crippen molar-refractivity contribution in [2.24, 2.45) is 0 Å². The van der Waals surface area contributed by atoms with Gasteiger partial charge < -0.3 is 8.98 Å². The number of para-hydroxylation sites is 3. The average molecular weight is 1070 g/mol. The Bertz CT molecular complexity index is 5510. The highest BCUT2D eigenvalue weighted by Gasteiger charge is 2.46. The molecule has 17 aromatic rings. The predicted octanol–water partition coefficient (Wildman–Crippen LogP) is 19.6. The van der Waals surface area contributed by atoms with Crippen LogP contribution in [0.4, 0.5) is 0 Å². The summed E-state index contributed by atoms with van der Waals surface area (Å²) in [6.07, 6.45) is 0. The van der Waals surface area contributed by atoms with Gasteiger partial charge in [-0.25, -0.2) is 4.98 Å². The van der Waals surface area contributed by atoms with Crippen LogP contribution in [0, 0.1) is 0 Å². The van der Waals surface area contributed by atoms with E-state index in [2.05, 4.69) is 282 Å². The van der Waals surface area contributed by atoms with Crippen LogP contribution < -0.4 is 0 Å². The van der Waals surface area contributed by atoms with Gasteiger partial charge in [-0.2, -0.15) is 9.97 Å². The van der Waals surface area contributed by atoms with Gasteiger partial charge in [-0.1, -0.05) is 237 Å². The lowest BCUT2D eigenvalue weighted by Crippen LogP contribution is -2.28. The third-order valence-corrected chi connectivity index (χ3v) is 17.9. The molecule has 0 aliphatic heterocycles. The monoisotopic (exact) mass is 1070 g/mol. The minimum absolute atomic E-state index is 0.502. The topological polar surface area (TPSA) is 61.7 Å². The second-order valence-corrected chi connectivity index (χ2v) is 22.1. The number of furan rings is 1. The van der Waals surface area contributed by atoms with Gasteiger partial charge in [0.1, 0.15) is 11.2 Å². The molecular formula is C78H47N5O. The minimum Gasteiger partial charge on any atom is -0.455 e. The summed E-state index contributed by atoms with van der Waals surface area (Å²) in [6.45, 7) is 0. The predicted molar refractivity (Wildman–Crippen MR) is 344 cm³/mol. The first-order valence-electron chi connectivity index (χ1n) is 28.7. The molecule has 0 bridgehead atoms. The first kappa shape index (κ1) is 46.5. The Morgan fingerprint density at radius 3 is 1.73 bits per heavy atom. The maximum absolute atomic E-state index is 6.78. The summed E-state index contributed by atoms with van der Waals surface area (Å²) in [5.74, 6) is 1.57. The molecule has 0 N–H and O–H groups in total. The molecule has 0 saturated carbocycles. The van der Waals surface area contributed by atoms with Crippen molar-refractivity contribution >= 4 is 87.1 Å². The summed E-state index contributed by atoms with van der Waals surface area (Å²) in [4.78, 5) is 16.8. The molecule has 0 radical (unpaired) electrons. The van der Waals surface area contributed by atoms with Crippen LogP contribution in [0.3, 0.4) is 0 Å². The largest absolute Gasteiger partial charge is 0.455 e. The van der Waals surface area contributed by atoms with Crippen molar-refractivity contribution in [3.05, 3.63) is 307 Å². The molecule has 0 atom stereocenters. The van der Waals surface area contributed by atoms with E-state index < -0.39 is 5.41 Å². The van der Waals surface area contributed by atoms with E-state index in [1.807, 2.05) is 12.1 Å². The van der Waals surface area contributed by atoms with Gasteiger partial charge in [-0.15, -0.1) is 0 Å². The highest BCUT2D eigenvalue weighted by atomic mass is 16.3. The smallest absolute Gasteiger partial charge is 0.238 e. The first-order chi connectivity index (χ1) is 41.7. The van der Waals surface area contributed by atoms with E-state index in [4.69, 9.17) is 19.4 Å². The van der Waals surface area contributed by atoms with Crippen LogP contribution in [0.5, 0.6) is 0 Å². The standard InChI is InChI=1S/C78H47N5O/c1-3-22-52(23-4-1)78(53-24-5-2-6-25-53)65-34-14-11-28-58(65)59-43-39-51(47-66(59)78)75-79-76(64-33-18-32-61-60-29-13-16-36-70(60)84-74(61)64)81-77(80-75)83-67-35-15-12-30-62(67)72-69(83)46-44-63-71-57-27-10-8-20-49(57)40-45-68(71)82(73(63)72)54-41-37-50(38-42-54)56-31-17-21-48-19-7-9-26-55(48)56/h1-47H. The summed E-state index contributed by atoms with van der Waals surface area (Å²) in [6, 6.07) is 103. The summed E-state index contributed by atoms with van der Waals surface area (Å²) in [5.41, 5.74) is 17.4. The Kier molecular flexibility index (Phi) is 9.91. The summed E-state index contributed by atoms with van der Waals surface area (Å²) in [7, 11) is 0. The maximum Gasteiger partial charge on any atom is 0.238 e. The lowest BCUT2D eigenvalue weighted by molar-refractivity contribution is 0.669. The zero-order chi connectivity index (χ0) is 55.0. The molecule has 1 aliphatic rings. The van der Waals surface area contributed by atoms with E-state index in [1.165, 1.54) is 76.8 Å². The first-order valence-corrected chi connectivity index (χ1v) is 28.7. The third kappa shape index (κ3) is 6.59. The quantitative estimate of drug-likeness (QED) is 0.160. The Hall–Kier alpha value is -11.2. The van der Waals surface area contributed by atoms with Crippen LogP contribution in [0.25, 0.3) is 144 Å². The van der Waals surface area contributed by atoms with Crippen LogP contribution >= 0.6 is 0 Å².